The summed E-state index contributed by atoms with van der Waals surface area (Å²) in [7, 11) is 1.49. The van der Waals surface area contributed by atoms with Crippen LogP contribution >= 0.6 is 63.7 Å². The number of oxime groups is 1. The fourth-order valence-electron chi connectivity index (χ4n) is 3.00. The molecule has 1 aromatic rings. The Balaban J connectivity index is 1.61. The normalized spacial score (nSPS) is 23.6. The zero-order chi connectivity index (χ0) is 21.3. The standard InChI is InChI=1S/C18H16Br4N2O5/c1-28-15-11(21)6-18(16(26)13(15)22)7-12(24-29-18)17(27)23-3-2-8-4-9(19)14(25)10(20)5-8/h4-6,16,25-26H,2-3,7H2,1H3,(H,23,27). The third-order valence-corrected chi connectivity index (χ3v) is 7.11. The number of allylic oxidation sites excluding steroid dienone is 1. The van der Waals surface area contributed by atoms with Crippen LogP contribution < -0.4 is 5.32 Å². The molecular formula is C18H16Br4N2O5. The van der Waals surface area contributed by atoms with Crippen LogP contribution in [0.1, 0.15) is 12.0 Å². The number of rotatable bonds is 5. The molecule has 7 nitrogen and oxygen atoms in total. The van der Waals surface area contributed by atoms with Gasteiger partial charge in [-0.3, -0.25) is 4.79 Å². The quantitative estimate of drug-likeness (QED) is 0.444. The van der Waals surface area contributed by atoms with E-state index in [1.807, 2.05) is 0 Å². The van der Waals surface area contributed by atoms with Crippen LogP contribution in [-0.2, 0) is 20.8 Å². The van der Waals surface area contributed by atoms with Crippen molar-refractivity contribution in [3.63, 3.8) is 0 Å². The van der Waals surface area contributed by atoms with E-state index in [1.165, 1.54) is 7.11 Å². The number of hydrogen-bond donors (Lipinski definition) is 3. The summed E-state index contributed by atoms with van der Waals surface area (Å²) in [5.41, 5.74) is -0.0625. The molecule has 11 heteroatoms. The third-order valence-electron chi connectivity index (χ3n) is 4.52. The van der Waals surface area contributed by atoms with Crippen molar-refractivity contribution in [1.82, 2.24) is 5.32 Å². The number of methoxy groups -OCH3 is 1. The number of carbonyl (C=O) groups excluding carboxylic acids is 1. The number of aromatic hydroxyl groups is 1. The average Bonchev–Trinajstić information content (AvgIpc) is 3.09. The molecule has 1 amide bonds. The number of benzene rings is 1. The molecule has 1 aliphatic carbocycles. The van der Waals surface area contributed by atoms with Gasteiger partial charge in [-0.2, -0.15) is 0 Å². The van der Waals surface area contributed by atoms with Crippen LogP contribution in [0.3, 0.4) is 0 Å². The highest BCUT2D eigenvalue weighted by atomic mass is 79.9. The summed E-state index contributed by atoms with van der Waals surface area (Å²) in [6, 6.07) is 3.57. The number of nitrogens with one attached hydrogen (secondary N) is 1. The highest BCUT2D eigenvalue weighted by molar-refractivity contribution is 9.12. The van der Waals surface area contributed by atoms with Crippen molar-refractivity contribution in [2.45, 2.75) is 24.5 Å². The molecule has 156 valence electrons. The van der Waals surface area contributed by atoms with E-state index in [0.29, 0.717) is 36.6 Å². The molecule has 0 radical (unpaired) electrons. The minimum Gasteiger partial charge on any atom is -0.506 e. The van der Waals surface area contributed by atoms with E-state index in [1.54, 1.807) is 18.2 Å². The van der Waals surface area contributed by atoms with Gasteiger partial charge < -0.3 is 25.1 Å². The lowest BCUT2D eigenvalue weighted by Crippen LogP contribution is -2.45. The van der Waals surface area contributed by atoms with Gasteiger partial charge in [-0.15, -0.1) is 0 Å². The first-order chi connectivity index (χ1) is 13.7. The number of carbonyl (C=O) groups is 1. The van der Waals surface area contributed by atoms with Gasteiger partial charge >= 0.3 is 0 Å². The van der Waals surface area contributed by atoms with Crippen LogP contribution in [0.5, 0.6) is 5.75 Å². The first-order valence-electron chi connectivity index (χ1n) is 8.39. The molecule has 1 aromatic carbocycles. The van der Waals surface area contributed by atoms with E-state index in [9.17, 15) is 15.0 Å². The van der Waals surface area contributed by atoms with Crippen molar-refractivity contribution in [3.05, 3.63) is 47.4 Å². The zero-order valence-corrected chi connectivity index (χ0v) is 21.4. The number of phenols is 1. The zero-order valence-electron chi connectivity index (χ0n) is 15.0. The lowest BCUT2D eigenvalue weighted by Gasteiger charge is -2.33. The summed E-state index contributed by atoms with van der Waals surface area (Å²) in [6.07, 6.45) is 1.25. The second-order valence-electron chi connectivity index (χ2n) is 6.45. The molecule has 0 bridgehead atoms. The Kier molecular flexibility index (Phi) is 7.14. The molecule has 1 spiro atoms. The Morgan fingerprint density at radius 1 is 1.34 bits per heavy atom. The van der Waals surface area contributed by atoms with Gasteiger partial charge in [0.15, 0.2) is 5.60 Å². The van der Waals surface area contributed by atoms with Gasteiger partial charge in [0.2, 0.25) is 0 Å². The van der Waals surface area contributed by atoms with E-state index >= 15 is 0 Å². The van der Waals surface area contributed by atoms with Crippen molar-refractivity contribution < 1.29 is 24.6 Å². The molecule has 29 heavy (non-hydrogen) atoms. The minimum absolute atomic E-state index is 0.109. The summed E-state index contributed by atoms with van der Waals surface area (Å²) < 4.78 is 7.39. The molecule has 2 unspecified atom stereocenters. The average molecular weight is 660 g/mol. The number of aliphatic hydroxyl groups is 1. The van der Waals surface area contributed by atoms with Crippen molar-refractivity contribution in [1.29, 1.82) is 0 Å². The molecule has 0 saturated carbocycles. The first kappa shape index (κ1) is 22.8. The molecule has 2 atom stereocenters. The fourth-order valence-corrected chi connectivity index (χ4v) is 6.08. The van der Waals surface area contributed by atoms with E-state index in [-0.39, 0.29) is 23.8 Å². The number of hydrogen-bond acceptors (Lipinski definition) is 6. The van der Waals surface area contributed by atoms with Crippen LogP contribution in [0, 0.1) is 0 Å². The SMILES string of the molecule is COC1=C(Br)C(O)C2(C=C1Br)CC(C(=O)NCCc1cc(Br)c(O)c(Br)c1)=NO2. The highest BCUT2D eigenvalue weighted by Crippen LogP contribution is 2.43. The maximum absolute atomic E-state index is 12.5. The van der Waals surface area contributed by atoms with E-state index < -0.39 is 11.7 Å². The van der Waals surface area contributed by atoms with Gasteiger partial charge in [0.1, 0.15) is 23.3 Å². The van der Waals surface area contributed by atoms with E-state index in [2.05, 4.69) is 74.2 Å². The van der Waals surface area contributed by atoms with Crippen molar-refractivity contribution in [2.24, 2.45) is 5.16 Å². The maximum Gasteiger partial charge on any atom is 0.269 e. The lowest BCUT2D eigenvalue weighted by molar-refractivity contribution is -0.114. The van der Waals surface area contributed by atoms with Gasteiger partial charge in [-0.1, -0.05) is 5.16 Å². The Bertz CT molecular complexity index is 923. The Hall–Kier alpha value is -0.880. The smallest absolute Gasteiger partial charge is 0.269 e. The number of amides is 1. The summed E-state index contributed by atoms with van der Waals surface area (Å²) in [4.78, 5) is 18.0. The molecular weight excluding hydrogens is 644 g/mol. The van der Waals surface area contributed by atoms with Crippen LogP contribution in [0.2, 0.25) is 0 Å². The van der Waals surface area contributed by atoms with Crippen molar-refractivity contribution >= 4 is 75.3 Å². The Labute approximate surface area is 200 Å². The highest BCUT2D eigenvalue weighted by Gasteiger charge is 2.50. The van der Waals surface area contributed by atoms with E-state index in [4.69, 9.17) is 9.57 Å². The lowest BCUT2D eigenvalue weighted by atomic mass is 9.87. The van der Waals surface area contributed by atoms with Gasteiger partial charge in [-0.25, -0.2) is 0 Å². The molecule has 2 aliphatic rings. The van der Waals surface area contributed by atoms with Crippen molar-refractivity contribution in [3.8, 4) is 5.75 Å². The largest absolute Gasteiger partial charge is 0.506 e. The second-order valence-corrected chi connectivity index (χ2v) is 9.87. The molecule has 3 rings (SSSR count). The van der Waals surface area contributed by atoms with E-state index in [0.717, 1.165) is 5.56 Å². The monoisotopic (exact) mass is 656 g/mol. The number of nitrogens with zero attached hydrogens (tertiary/aromatic N) is 1. The van der Waals surface area contributed by atoms with Crippen LogP contribution in [0.25, 0.3) is 0 Å². The third kappa shape index (κ3) is 4.58. The van der Waals surface area contributed by atoms with Gasteiger partial charge in [-0.05, 0) is 93.9 Å². The predicted octanol–water partition coefficient (Wildman–Crippen LogP) is 4.00. The molecule has 3 N–H and O–H groups in total. The van der Waals surface area contributed by atoms with Gasteiger partial charge in [0, 0.05) is 13.0 Å². The molecule has 1 heterocycles. The summed E-state index contributed by atoms with van der Waals surface area (Å²) in [5.74, 6) is 0.214. The number of halogens is 4. The summed E-state index contributed by atoms with van der Waals surface area (Å²) in [5, 5.41) is 27.1. The Morgan fingerprint density at radius 3 is 2.62 bits per heavy atom. The first-order valence-corrected chi connectivity index (χ1v) is 11.6. The van der Waals surface area contributed by atoms with Crippen molar-refractivity contribution in [2.75, 3.05) is 13.7 Å². The second kappa shape index (κ2) is 9.09. The summed E-state index contributed by atoms with van der Waals surface area (Å²) in [6.45, 7) is 0.369. The molecule has 0 saturated heterocycles. The van der Waals surface area contributed by atoms with Gasteiger partial charge in [0.25, 0.3) is 5.91 Å². The Morgan fingerprint density at radius 2 is 2.00 bits per heavy atom. The van der Waals surface area contributed by atoms with Crippen LogP contribution in [0.4, 0.5) is 0 Å². The van der Waals surface area contributed by atoms with Gasteiger partial charge in [0.05, 0.1) is 25.0 Å². The number of phenolic OH excluding ortho intramolecular Hbond substituents is 1. The number of ether oxygens (including phenoxy) is 1. The predicted molar refractivity (Wildman–Crippen MR) is 122 cm³/mol. The minimum atomic E-state index is -1.18. The van der Waals surface area contributed by atoms with Crippen LogP contribution in [-0.4, -0.2) is 47.2 Å². The van der Waals surface area contributed by atoms with Crippen LogP contribution in [0.15, 0.2) is 47.0 Å². The number of aliphatic hydroxyl groups excluding tert-OH is 1. The maximum atomic E-state index is 12.5. The fraction of sp³-hybridized carbons (Fsp3) is 0.333. The summed E-state index contributed by atoms with van der Waals surface area (Å²) >= 11 is 13.3. The molecule has 1 aliphatic heterocycles. The molecule has 0 fully saturated rings. The topological polar surface area (TPSA) is 100 Å². The molecule has 0 aromatic heterocycles.